The molecule has 0 spiro atoms. The van der Waals surface area contributed by atoms with Crippen molar-refractivity contribution in [1.82, 2.24) is 14.9 Å². The van der Waals surface area contributed by atoms with Gasteiger partial charge < -0.3 is 20.5 Å². The highest BCUT2D eigenvalue weighted by Gasteiger charge is 2.31. The van der Waals surface area contributed by atoms with Crippen LogP contribution < -0.4 is 16.0 Å². The number of carbonyl (C=O) groups excluding carboxylic acids is 2. The zero-order valence-corrected chi connectivity index (χ0v) is 18.8. The van der Waals surface area contributed by atoms with Crippen molar-refractivity contribution in [1.29, 1.82) is 0 Å². The van der Waals surface area contributed by atoms with Crippen molar-refractivity contribution in [3.05, 3.63) is 77.1 Å². The first-order chi connectivity index (χ1) is 16.4. The maximum absolute atomic E-state index is 14.9. The quantitative estimate of drug-likeness (QED) is 0.590. The average Bonchev–Trinajstić information content (AvgIpc) is 3.56. The average molecular weight is 461 g/mol. The van der Waals surface area contributed by atoms with Crippen molar-refractivity contribution >= 4 is 23.3 Å². The van der Waals surface area contributed by atoms with Crippen LogP contribution in [0, 0.1) is 11.7 Å². The minimum absolute atomic E-state index is 0.0689. The van der Waals surface area contributed by atoms with Crippen LogP contribution in [0.5, 0.6) is 0 Å². The fourth-order valence-corrected chi connectivity index (χ4v) is 4.53. The number of amidine groups is 1. The molecule has 2 amide bonds. The van der Waals surface area contributed by atoms with E-state index in [9.17, 15) is 14.0 Å². The lowest BCUT2D eigenvalue weighted by molar-refractivity contribution is -0.117. The third kappa shape index (κ3) is 3.93. The predicted octanol–water partition coefficient (Wildman–Crippen LogP) is 2.58. The van der Waals surface area contributed by atoms with Gasteiger partial charge in [0, 0.05) is 61.1 Å². The normalized spacial score (nSPS) is 17.1. The topological polar surface area (TPSA) is 106 Å². The molecule has 2 aromatic carbocycles. The number of hydrogen-bond acceptors (Lipinski definition) is 5. The van der Waals surface area contributed by atoms with Gasteiger partial charge in [-0.25, -0.2) is 9.37 Å². The van der Waals surface area contributed by atoms with Crippen LogP contribution in [0.2, 0.25) is 0 Å². The number of nitrogens with two attached hydrogens (primary N) is 1. The van der Waals surface area contributed by atoms with Crippen molar-refractivity contribution < 1.29 is 14.0 Å². The second kappa shape index (κ2) is 8.74. The molecule has 2 aliphatic rings. The van der Waals surface area contributed by atoms with Crippen molar-refractivity contribution in [3.63, 3.8) is 0 Å². The van der Waals surface area contributed by atoms with E-state index in [0.29, 0.717) is 48.8 Å². The van der Waals surface area contributed by atoms with Crippen LogP contribution in [0.1, 0.15) is 40.7 Å². The summed E-state index contributed by atoms with van der Waals surface area (Å²) in [5, 5.41) is 2.91. The highest BCUT2D eigenvalue weighted by atomic mass is 19.1. The van der Waals surface area contributed by atoms with Crippen LogP contribution in [0.25, 0.3) is 5.69 Å². The highest BCUT2D eigenvalue weighted by molar-refractivity contribution is 6.04. The molecular weight excluding hydrogens is 435 g/mol. The van der Waals surface area contributed by atoms with E-state index in [2.05, 4.69) is 15.3 Å². The number of anilines is 1. The van der Waals surface area contributed by atoms with Gasteiger partial charge in [-0.3, -0.25) is 14.6 Å². The maximum atomic E-state index is 14.9. The molecule has 1 aromatic heterocycles. The summed E-state index contributed by atoms with van der Waals surface area (Å²) in [4.78, 5) is 35.3. The molecular formula is C25H25FN6O2. The summed E-state index contributed by atoms with van der Waals surface area (Å²) in [7, 11) is 0. The fourth-order valence-electron chi connectivity index (χ4n) is 4.53. The number of halogens is 1. The molecule has 34 heavy (non-hydrogen) atoms. The molecule has 3 N–H and O–H groups in total. The molecule has 2 aliphatic heterocycles. The summed E-state index contributed by atoms with van der Waals surface area (Å²) in [6.07, 6.45) is 4.33. The Hall–Kier alpha value is -4.01. The van der Waals surface area contributed by atoms with E-state index in [1.54, 1.807) is 46.1 Å². The molecule has 0 bridgehead atoms. The number of fused-ring (bicyclic) bond motifs is 1. The largest absolute Gasteiger partial charge is 0.383 e. The van der Waals surface area contributed by atoms with Gasteiger partial charge >= 0.3 is 0 Å². The van der Waals surface area contributed by atoms with Gasteiger partial charge in [0.15, 0.2) is 0 Å². The van der Waals surface area contributed by atoms with Crippen LogP contribution in [0.3, 0.4) is 0 Å². The number of imidazole rings is 1. The first-order valence-electron chi connectivity index (χ1n) is 11.3. The summed E-state index contributed by atoms with van der Waals surface area (Å²) >= 11 is 0. The zero-order valence-electron chi connectivity index (χ0n) is 18.8. The lowest BCUT2D eigenvalue weighted by Gasteiger charge is -2.18. The first-order valence-corrected chi connectivity index (χ1v) is 11.3. The van der Waals surface area contributed by atoms with Crippen LogP contribution >= 0.6 is 0 Å². The van der Waals surface area contributed by atoms with Crippen LogP contribution in [0.15, 0.2) is 53.8 Å². The molecule has 0 saturated carbocycles. The number of carbonyl (C=O) groups is 2. The van der Waals surface area contributed by atoms with E-state index in [-0.39, 0.29) is 24.2 Å². The molecule has 1 unspecified atom stereocenters. The second-order valence-corrected chi connectivity index (χ2v) is 8.56. The Labute approximate surface area is 196 Å². The Morgan fingerprint density at radius 3 is 2.91 bits per heavy atom. The molecule has 1 saturated heterocycles. The maximum Gasteiger partial charge on any atom is 0.251 e. The summed E-state index contributed by atoms with van der Waals surface area (Å²) in [5.41, 5.74) is 9.08. The predicted molar refractivity (Wildman–Crippen MR) is 127 cm³/mol. The monoisotopic (exact) mass is 460 g/mol. The Balaban J connectivity index is 1.24. The van der Waals surface area contributed by atoms with E-state index in [1.165, 1.54) is 6.07 Å². The summed E-state index contributed by atoms with van der Waals surface area (Å²) in [6.45, 7) is 3.25. The third-order valence-electron chi connectivity index (χ3n) is 6.36. The SMILES string of the molecule is CCc1nccn1-c1ccc(N2CC(CNC(=O)c3ccc4c(c3)C(N)=NC4)CC2=O)cc1F. The number of aliphatic imine (C=N–C) groups is 1. The number of nitrogens with zero attached hydrogens (tertiary/aromatic N) is 4. The minimum Gasteiger partial charge on any atom is -0.383 e. The molecule has 174 valence electrons. The molecule has 3 aromatic rings. The fraction of sp³-hybridized carbons (Fsp3) is 0.280. The first kappa shape index (κ1) is 21.8. The highest BCUT2D eigenvalue weighted by Crippen LogP contribution is 2.28. The van der Waals surface area contributed by atoms with Crippen molar-refractivity contribution in [3.8, 4) is 5.69 Å². The molecule has 1 atom stereocenters. The molecule has 0 aliphatic carbocycles. The second-order valence-electron chi connectivity index (χ2n) is 8.56. The van der Waals surface area contributed by atoms with E-state index < -0.39 is 5.82 Å². The van der Waals surface area contributed by atoms with Gasteiger partial charge in [0.2, 0.25) is 5.91 Å². The number of nitrogens with one attached hydrogen (secondary N) is 1. The Bertz CT molecular complexity index is 1310. The van der Waals surface area contributed by atoms with Gasteiger partial charge in [0.1, 0.15) is 17.5 Å². The number of rotatable bonds is 6. The lowest BCUT2D eigenvalue weighted by atomic mass is 10.0. The van der Waals surface area contributed by atoms with Crippen LogP contribution in [-0.4, -0.2) is 40.3 Å². The minimum atomic E-state index is -0.422. The number of aromatic nitrogens is 2. The molecule has 8 nitrogen and oxygen atoms in total. The number of hydrogen-bond donors (Lipinski definition) is 2. The van der Waals surface area contributed by atoms with E-state index in [4.69, 9.17) is 5.73 Å². The van der Waals surface area contributed by atoms with Gasteiger partial charge in [-0.05, 0) is 35.9 Å². The van der Waals surface area contributed by atoms with Crippen molar-refractivity contribution in [2.24, 2.45) is 16.6 Å². The number of benzene rings is 2. The Morgan fingerprint density at radius 1 is 1.26 bits per heavy atom. The summed E-state index contributed by atoms with van der Waals surface area (Å²) in [6, 6.07) is 10.1. The van der Waals surface area contributed by atoms with Gasteiger partial charge in [0.05, 0.1) is 12.2 Å². The summed E-state index contributed by atoms with van der Waals surface area (Å²) < 4.78 is 16.6. The lowest BCUT2D eigenvalue weighted by Crippen LogP contribution is -2.31. The van der Waals surface area contributed by atoms with Gasteiger partial charge in [-0.2, -0.15) is 0 Å². The molecule has 9 heteroatoms. The van der Waals surface area contributed by atoms with Crippen LogP contribution in [-0.2, 0) is 17.8 Å². The van der Waals surface area contributed by atoms with Gasteiger partial charge in [-0.1, -0.05) is 13.0 Å². The van der Waals surface area contributed by atoms with Crippen LogP contribution in [0.4, 0.5) is 10.1 Å². The summed E-state index contributed by atoms with van der Waals surface area (Å²) in [5.74, 6) is 0.396. The molecule has 5 rings (SSSR count). The Kier molecular flexibility index (Phi) is 5.61. The number of aryl methyl sites for hydroxylation is 1. The Morgan fingerprint density at radius 2 is 2.12 bits per heavy atom. The van der Waals surface area contributed by atoms with E-state index in [0.717, 1.165) is 17.0 Å². The van der Waals surface area contributed by atoms with Crippen molar-refractivity contribution in [2.75, 3.05) is 18.0 Å². The standard InChI is InChI=1S/C25H25FN6O2/c1-2-22-28-7-8-31(22)21-6-5-18(11-20(21)26)32-14-15(9-23(32)33)12-30-25(34)16-3-4-17-13-29-24(27)19(17)10-16/h3-8,10-11,15H,2,9,12-14H2,1H3,(H2,27,29)(H,30,34). The van der Waals surface area contributed by atoms with Crippen molar-refractivity contribution in [2.45, 2.75) is 26.3 Å². The number of amides is 2. The molecule has 0 radical (unpaired) electrons. The molecule has 1 fully saturated rings. The van der Waals surface area contributed by atoms with Gasteiger partial charge in [-0.15, -0.1) is 0 Å². The zero-order chi connectivity index (χ0) is 23.8. The third-order valence-corrected chi connectivity index (χ3v) is 6.36. The van der Waals surface area contributed by atoms with E-state index in [1.807, 2.05) is 13.0 Å². The van der Waals surface area contributed by atoms with E-state index >= 15 is 0 Å². The molecule has 3 heterocycles. The smallest absolute Gasteiger partial charge is 0.251 e. The van der Waals surface area contributed by atoms with Gasteiger partial charge in [0.25, 0.3) is 5.91 Å².